The fourth-order valence-electron chi connectivity index (χ4n) is 7.41. The number of allylic oxidation sites excluding steroid dienone is 14. The van der Waals surface area contributed by atoms with E-state index in [2.05, 4.69) is 178 Å². The van der Waals surface area contributed by atoms with Crippen LogP contribution < -0.4 is 24.8 Å². The molecule has 0 aliphatic heterocycles. The second-order valence-corrected chi connectivity index (χ2v) is 28.2. The third-order valence-corrected chi connectivity index (χ3v) is 24.3. The van der Waals surface area contributed by atoms with E-state index in [1.54, 1.807) is 11.1 Å². The van der Waals surface area contributed by atoms with Crippen LogP contribution in [0.3, 0.4) is 0 Å². The van der Waals surface area contributed by atoms with E-state index >= 15 is 0 Å². The smallest absolute Gasteiger partial charge is 1.00 e. The van der Waals surface area contributed by atoms with Crippen LogP contribution in [0.25, 0.3) is 0 Å². The molecule has 252 valence electrons. The second-order valence-electron chi connectivity index (χ2n) is 15.1. The van der Waals surface area contributed by atoms with E-state index in [1.165, 1.54) is 34.7 Å². The summed E-state index contributed by atoms with van der Waals surface area (Å²) in [7, 11) is -3.30. The van der Waals surface area contributed by atoms with Crippen LogP contribution >= 0.6 is 23.5 Å². The van der Waals surface area contributed by atoms with Crippen LogP contribution in [0.5, 0.6) is 0 Å². The molecule has 0 spiro atoms. The molecular weight excluding hydrogens is 743 g/mol. The van der Waals surface area contributed by atoms with Gasteiger partial charge in [-0.1, -0.05) is 129 Å². The fraction of sp³-hybridized carbons (Fsp3) is 0.579. The molecule has 0 aromatic rings. The van der Waals surface area contributed by atoms with Gasteiger partial charge in [-0.25, -0.2) is 22.5 Å². The topological polar surface area (TPSA) is 0 Å². The van der Waals surface area contributed by atoms with Crippen molar-refractivity contribution in [2.24, 2.45) is 10.8 Å². The third kappa shape index (κ3) is 10.1. The standard InChI is InChI=1S/2C19H29SSi.2ClH.2Ti/c2*1-7-20-19(21(5,6)16-12-8-9-13-16)15-11-10-14-17(19)18(2,3)4;;;;/h2*8,10-12,14H,7,9,15H2,1-6H3;2*1H;;/q2*-1;;;2*+2/p-2. The average molecular weight is 802 g/mol. The molecule has 0 bridgehead atoms. The zero-order valence-electron chi connectivity index (χ0n) is 30.6. The van der Waals surface area contributed by atoms with Crippen molar-refractivity contribution in [1.29, 1.82) is 0 Å². The first-order valence-electron chi connectivity index (χ1n) is 16.1. The van der Waals surface area contributed by atoms with Crippen molar-refractivity contribution >= 4 is 39.7 Å². The van der Waals surface area contributed by atoms with E-state index in [0.29, 0.717) is 0 Å². The summed E-state index contributed by atoms with van der Waals surface area (Å²) >= 11 is 4.35. The van der Waals surface area contributed by atoms with Gasteiger partial charge in [0, 0.05) is 8.74 Å². The van der Waals surface area contributed by atoms with E-state index in [1.807, 2.05) is 0 Å². The Morgan fingerprint density at radius 2 is 0.957 bits per heavy atom. The fourth-order valence-corrected chi connectivity index (χ4v) is 20.8. The SMILES string of the molecule is CCSC1([Si](C)(C)C2=[C-]CC=C2)CC=CC=C1C(C)(C)C.CCSC1([Si](C)(C)C2=[C-]CC=C2)CC=CC=C1C(C)(C)C.[Cl-].[Cl-].[Ti+2].[Ti+2]. The molecule has 0 saturated heterocycles. The van der Waals surface area contributed by atoms with Crippen LogP contribution in [0.4, 0.5) is 0 Å². The van der Waals surface area contributed by atoms with Crippen LogP contribution in [0.15, 0.2) is 82.3 Å². The summed E-state index contributed by atoms with van der Waals surface area (Å²) in [6.07, 6.45) is 35.0. The molecule has 0 heterocycles. The van der Waals surface area contributed by atoms with Crippen molar-refractivity contribution in [3.63, 3.8) is 0 Å². The molecule has 2 unspecified atom stereocenters. The van der Waals surface area contributed by atoms with Gasteiger partial charge in [0.15, 0.2) is 0 Å². The first kappa shape index (κ1) is 49.2. The van der Waals surface area contributed by atoms with Gasteiger partial charge in [0.05, 0.1) is 16.1 Å². The minimum atomic E-state index is -1.65. The van der Waals surface area contributed by atoms with Crippen molar-refractivity contribution in [2.75, 3.05) is 11.5 Å². The average Bonchev–Trinajstić information content (AvgIpc) is 3.64. The summed E-state index contributed by atoms with van der Waals surface area (Å²) in [6.45, 7) is 29.0. The summed E-state index contributed by atoms with van der Waals surface area (Å²) in [6, 6.07) is 0. The van der Waals surface area contributed by atoms with E-state index in [0.717, 1.165) is 12.8 Å². The molecule has 0 amide bonds. The Balaban J connectivity index is 0. The minimum Gasteiger partial charge on any atom is -1.00 e. The molecule has 0 aromatic carbocycles. The maximum Gasteiger partial charge on any atom is 2.00 e. The molecule has 0 aromatic heterocycles. The van der Waals surface area contributed by atoms with Crippen molar-refractivity contribution in [3.8, 4) is 0 Å². The largest absolute Gasteiger partial charge is 2.00 e. The number of hydrogen-bond donors (Lipinski definition) is 0. The van der Waals surface area contributed by atoms with Crippen LogP contribution in [-0.4, -0.2) is 36.4 Å². The number of halogens is 2. The molecule has 0 fully saturated rings. The van der Waals surface area contributed by atoms with Crippen molar-refractivity contribution in [2.45, 2.75) is 116 Å². The molecule has 46 heavy (non-hydrogen) atoms. The maximum absolute atomic E-state index is 3.65. The van der Waals surface area contributed by atoms with Gasteiger partial charge in [0.1, 0.15) is 0 Å². The number of hydrogen-bond acceptors (Lipinski definition) is 2. The van der Waals surface area contributed by atoms with Crippen LogP contribution in [0.2, 0.25) is 26.2 Å². The van der Waals surface area contributed by atoms with E-state index < -0.39 is 16.1 Å². The quantitative estimate of drug-likeness (QED) is 0.226. The molecule has 4 rings (SSSR count). The Hall–Kier alpha value is 1.06. The predicted octanol–water partition coefficient (Wildman–Crippen LogP) is 5.78. The zero-order valence-corrected chi connectivity index (χ0v) is 38.9. The van der Waals surface area contributed by atoms with Gasteiger partial charge in [0.2, 0.25) is 0 Å². The molecule has 4 aliphatic carbocycles. The van der Waals surface area contributed by atoms with E-state index in [-0.39, 0.29) is 87.8 Å². The summed E-state index contributed by atoms with van der Waals surface area (Å²) in [5.74, 6) is 2.35. The monoisotopic (exact) mass is 800 g/mol. The van der Waals surface area contributed by atoms with Gasteiger partial charge in [0.25, 0.3) is 0 Å². The normalized spacial score (nSPS) is 23.7. The molecule has 0 N–H and O–H groups in total. The van der Waals surface area contributed by atoms with Crippen LogP contribution in [-0.2, 0) is 43.4 Å². The van der Waals surface area contributed by atoms with E-state index in [9.17, 15) is 0 Å². The Bertz CT molecular complexity index is 1150. The van der Waals surface area contributed by atoms with Gasteiger partial charge < -0.3 is 24.8 Å². The first-order valence-corrected chi connectivity index (χ1v) is 24.1. The number of rotatable bonds is 8. The van der Waals surface area contributed by atoms with Gasteiger partial charge in [-0.2, -0.15) is 35.7 Å². The molecule has 0 saturated carbocycles. The van der Waals surface area contributed by atoms with Gasteiger partial charge >= 0.3 is 43.4 Å². The number of thioether (sulfide) groups is 2. The maximum atomic E-state index is 3.65. The Morgan fingerprint density at radius 1 is 0.630 bits per heavy atom. The second kappa shape index (κ2) is 19.6. The summed E-state index contributed by atoms with van der Waals surface area (Å²) < 4.78 is 0.539. The molecule has 4 aliphatic rings. The zero-order chi connectivity index (χ0) is 31.5. The summed E-state index contributed by atoms with van der Waals surface area (Å²) in [5, 5.41) is 3.04. The first-order chi connectivity index (χ1) is 19.5. The summed E-state index contributed by atoms with van der Waals surface area (Å²) in [5.41, 5.74) is 3.71. The Kier molecular flexibility index (Phi) is 21.0. The minimum absolute atomic E-state index is 0. The predicted molar refractivity (Wildman–Crippen MR) is 200 cm³/mol. The van der Waals surface area contributed by atoms with Crippen LogP contribution in [0.1, 0.15) is 81.1 Å². The Labute approximate surface area is 337 Å². The summed E-state index contributed by atoms with van der Waals surface area (Å²) in [4.78, 5) is 0. The van der Waals surface area contributed by atoms with Crippen molar-refractivity contribution in [1.82, 2.24) is 0 Å². The molecule has 0 nitrogen and oxygen atoms in total. The van der Waals surface area contributed by atoms with Crippen molar-refractivity contribution < 1.29 is 68.2 Å². The van der Waals surface area contributed by atoms with Gasteiger partial charge in [-0.05, 0) is 35.2 Å². The van der Waals surface area contributed by atoms with E-state index in [4.69, 9.17) is 0 Å². The van der Waals surface area contributed by atoms with Crippen molar-refractivity contribution in [3.05, 3.63) is 94.5 Å². The van der Waals surface area contributed by atoms with Crippen LogP contribution in [0, 0.1) is 23.0 Å². The van der Waals surface area contributed by atoms with Gasteiger partial charge in [-0.3, -0.25) is 12.2 Å². The molecule has 2 atom stereocenters. The Morgan fingerprint density at radius 3 is 1.20 bits per heavy atom. The van der Waals surface area contributed by atoms with Gasteiger partial charge in [-0.15, -0.1) is 12.8 Å². The third-order valence-electron chi connectivity index (χ3n) is 9.63. The molecular formula is C38H58Cl2S2Si2Ti2. The molecule has 0 radical (unpaired) electrons. The molecule has 8 heteroatoms.